The van der Waals surface area contributed by atoms with Gasteiger partial charge in [0, 0.05) is 13.0 Å². The van der Waals surface area contributed by atoms with E-state index >= 15 is 0 Å². The number of carbonyl (C=O) groups excluding carboxylic acids is 1. The van der Waals surface area contributed by atoms with Crippen LogP contribution in [-0.4, -0.2) is 24.0 Å². The van der Waals surface area contributed by atoms with Crippen LogP contribution in [0.5, 0.6) is 0 Å². The quantitative estimate of drug-likeness (QED) is 0.793. The van der Waals surface area contributed by atoms with Crippen LogP contribution in [0, 0.1) is 12.8 Å². The highest BCUT2D eigenvalue weighted by Crippen LogP contribution is 2.27. The van der Waals surface area contributed by atoms with E-state index in [-0.39, 0.29) is 11.8 Å². The van der Waals surface area contributed by atoms with E-state index in [1.807, 2.05) is 13.0 Å². The van der Waals surface area contributed by atoms with Gasteiger partial charge in [-0.3, -0.25) is 4.79 Å². The van der Waals surface area contributed by atoms with Crippen LogP contribution < -0.4 is 10.6 Å². The summed E-state index contributed by atoms with van der Waals surface area (Å²) in [6.07, 6.45) is 0.526. The van der Waals surface area contributed by atoms with E-state index in [4.69, 9.17) is 17.3 Å². The number of carbonyl (C=O) groups is 1. The van der Waals surface area contributed by atoms with Crippen LogP contribution in [0.3, 0.4) is 0 Å². The first-order chi connectivity index (χ1) is 7.61. The van der Waals surface area contributed by atoms with Gasteiger partial charge >= 0.3 is 0 Å². The minimum absolute atomic E-state index is 0.114. The number of nitrogens with zero attached hydrogens (tertiary/aromatic N) is 2. The Morgan fingerprint density at radius 3 is 2.94 bits per heavy atom. The molecule has 5 heteroatoms. The summed E-state index contributed by atoms with van der Waals surface area (Å²) in [4.78, 5) is 17.7. The fraction of sp³-hybridized carbons (Fsp3) is 0.455. The third-order valence-corrected chi connectivity index (χ3v) is 3.06. The first kappa shape index (κ1) is 11.4. The van der Waals surface area contributed by atoms with E-state index in [9.17, 15) is 4.79 Å². The Morgan fingerprint density at radius 2 is 2.38 bits per heavy atom. The topological polar surface area (TPSA) is 59.2 Å². The minimum Gasteiger partial charge on any atom is -0.330 e. The fourth-order valence-corrected chi connectivity index (χ4v) is 2.17. The van der Waals surface area contributed by atoms with Crippen molar-refractivity contribution in [3.05, 3.63) is 23.0 Å². The van der Waals surface area contributed by atoms with Gasteiger partial charge in [0.2, 0.25) is 5.91 Å². The molecular weight excluding hydrogens is 226 g/mol. The van der Waals surface area contributed by atoms with Gasteiger partial charge in [-0.1, -0.05) is 11.6 Å². The highest BCUT2D eigenvalue weighted by atomic mass is 35.5. The summed E-state index contributed by atoms with van der Waals surface area (Å²) in [7, 11) is 0. The van der Waals surface area contributed by atoms with Crippen LogP contribution in [0.4, 0.5) is 5.69 Å². The lowest BCUT2D eigenvalue weighted by atomic mass is 10.1. The number of halogens is 1. The fourth-order valence-electron chi connectivity index (χ4n) is 1.98. The van der Waals surface area contributed by atoms with Crippen LogP contribution in [0.25, 0.3) is 0 Å². The summed E-state index contributed by atoms with van der Waals surface area (Å²) in [5.41, 5.74) is 7.20. The number of anilines is 1. The predicted molar refractivity (Wildman–Crippen MR) is 63.5 cm³/mol. The van der Waals surface area contributed by atoms with Crippen molar-refractivity contribution in [2.24, 2.45) is 11.7 Å². The minimum atomic E-state index is 0.114. The van der Waals surface area contributed by atoms with Gasteiger partial charge in [0.05, 0.1) is 11.4 Å². The second-order valence-electron chi connectivity index (χ2n) is 4.05. The monoisotopic (exact) mass is 239 g/mol. The average Bonchev–Trinajstić information content (AvgIpc) is 2.60. The van der Waals surface area contributed by atoms with Gasteiger partial charge in [0.1, 0.15) is 5.15 Å². The molecule has 1 aromatic heterocycles. The predicted octanol–water partition coefficient (Wildman–Crippen LogP) is 1.36. The number of hydrogen-bond acceptors (Lipinski definition) is 3. The number of rotatable bonds is 2. The maximum absolute atomic E-state index is 11.8. The van der Waals surface area contributed by atoms with Gasteiger partial charge in [-0.2, -0.15) is 0 Å². The molecule has 2 rings (SSSR count). The second-order valence-corrected chi connectivity index (χ2v) is 4.44. The molecule has 1 aliphatic heterocycles. The van der Waals surface area contributed by atoms with Gasteiger partial charge in [-0.05, 0) is 31.5 Å². The Bertz CT molecular complexity index is 422. The third-order valence-electron chi connectivity index (χ3n) is 2.85. The molecule has 86 valence electrons. The van der Waals surface area contributed by atoms with Crippen molar-refractivity contribution in [3.63, 3.8) is 0 Å². The van der Waals surface area contributed by atoms with Gasteiger partial charge in [-0.25, -0.2) is 4.98 Å². The zero-order valence-corrected chi connectivity index (χ0v) is 9.87. The molecule has 0 spiro atoms. The highest BCUT2D eigenvalue weighted by Gasteiger charge is 2.30. The number of nitrogens with two attached hydrogens (primary N) is 1. The Balaban J connectivity index is 2.28. The molecule has 1 aliphatic rings. The number of aromatic nitrogens is 1. The highest BCUT2D eigenvalue weighted by molar-refractivity contribution is 6.29. The molecule has 16 heavy (non-hydrogen) atoms. The molecule has 1 saturated heterocycles. The molecule has 2 heterocycles. The van der Waals surface area contributed by atoms with Crippen LogP contribution in [0.1, 0.15) is 12.1 Å². The van der Waals surface area contributed by atoms with Crippen molar-refractivity contribution in [2.75, 3.05) is 18.0 Å². The summed E-state index contributed by atoms with van der Waals surface area (Å²) >= 11 is 5.78. The summed E-state index contributed by atoms with van der Waals surface area (Å²) in [6, 6.07) is 3.54. The van der Waals surface area contributed by atoms with E-state index in [0.717, 1.165) is 11.4 Å². The number of pyridine rings is 1. The lowest BCUT2D eigenvalue weighted by molar-refractivity contribution is -0.117. The first-order valence-corrected chi connectivity index (χ1v) is 5.63. The van der Waals surface area contributed by atoms with Crippen molar-refractivity contribution < 1.29 is 4.79 Å². The van der Waals surface area contributed by atoms with E-state index in [0.29, 0.717) is 24.7 Å². The lowest BCUT2D eigenvalue weighted by Gasteiger charge is -2.18. The molecule has 0 aliphatic carbocycles. The zero-order chi connectivity index (χ0) is 11.7. The third kappa shape index (κ3) is 2.03. The van der Waals surface area contributed by atoms with Gasteiger partial charge < -0.3 is 10.6 Å². The summed E-state index contributed by atoms with van der Waals surface area (Å²) < 4.78 is 0. The molecule has 1 aromatic rings. The van der Waals surface area contributed by atoms with Crippen molar-refractivity contribution >= 4 is 23.2 Å². The van der Waals surface area contributed by atoms with Gasteiger partial charge in [-0.15, -0.1) is 0 Å². The molecule has 0 saturated carbocycles. The molecule has 0 bridgehead atoms. The molecule has 1 fully saturated rings. The van der Waals surface area contributed by atoms with E-state index in [1.165, 1.54) is 0 Å². The average molecular weight is 240 g/mol. The molecule has 4 nitrogen and oxygen atoms in total. The van der Waals surface area contributed by atoms with Crippen LogP contribution in [0.15, 0.2) is 12.1 Å². The summed E-state index contributed by atoms with van der Waals surface area (Å²) in [5.74, 6) is 0.366. The molecule has 1 atom stereocenters. The first-order valence-electron chi connectivity index (χ1n) is 5.25. The normalized spacial score (nSPS) is 20.6. The second kappa shape index (κ2) is 4.39. The van der Waals surface area contributed by atoms with Gasteiger partial charge in [0.25, 0.3) is 0 Å². The Labute approximate surface area is 99.4 Å². The van der Waals surface area contributed by atoms with Crippen LogP contribution in [0.2, 0.25) is 5.15 Å². The summed E-state index contributed by atoms with van der Waals surface area (Å²) in [6.45, 7) is 3.08. The van der Waals surface area contributed by atoms with Crippen molar-refractivity contribution in [1.29, 1.82) is 0 Å². The summed E-state index contributed by atoms with van der Waals surface area (Å²) in [5, 5.41) is 0.447. The molecule has 0 aromatic carbocycles. The Morgan fingerprint density at radius 1 is 1.62 bits per heavy atom. The number of aryl methyl sites for hydroxylation is 1. The molecule has 2 N–H and O–H groups in total. The molecular formula is C11H14ClN3O. The zero-order valence-electron chi connectivity index (χ0n) is 9.11. The SMILES string of the molecule is Cc1nc(Cl)ccc1N1CC(CN)CC1=O. The molecule has 1 amide bonds. The number of hydrogen-bond donors (Lipinski definition) is 1. The largest absolute Gasteiger partial charge is 0.330 e. The maximum atomic E-state index is 11.8. The van der Waals surface area contributed by atoms with E-state index in [2.05, 4.69) is 4.98 Å². The van der Waals surface area contributed by atoms with Crippen LogP contribution >= 0.6 is 11.6 Å². The lowest BCUT2D eigenvalue weighted by Crippen LogP contribution is -2.26. The van der Waals surface area contributed by atoms with Crippen molar-refractivity contribution in [2.45, 2.75) is 13.3 Å². The maximum Gasteiger partial charge on any atom is 0.227 e. The smallest absolute Gasteiger partial charge is 0.227 e. The standard InChI is InChI=1S/C11H14ClN3O/c1-7-9(2-3-10(12)14-7)15-6-8(5-13)4-11(15)16/h2-3,8H,4-6,13H2,1H3. The molecule has 1 unspecified atom stereocenters. The van der Waals surface area contributed by atoms with Crippen LogP contribution in [-0.2, 0) is 4.79 Å². The molecule has 0 radical (unpaired) electrons. The van der Waals surface area contributed by atoms with E-state index in [1.54, 1.807) is 11.0 Å². The van der Waals surface area contributed by atoms with E-state index < -0.39 is 0 Å². The Hall–Kier alpha value is -1.13. The van der Waals surface area contributed by atoms with Crippen molar-refractivity contribution in [1.82, 2.24) is 4.98 Å². The Kier molecular flexibility index (Phi) is 3.12. The van der Waals surface area contributed by atoms with Crippen molar-refractivity contribution in [3.8, 4) is 0 Å². The number of amides is 1. The van der Waals surface area contributed by atoms with Gasteiger partial charge in [0.15, 0.2) is 0 Å².